The Balaban J connectivity index is 2.22. The Morgan fingerprint density at radius 1 is 1.25 bits per heavy atom. The fourth-order valence-corrected chi connectivity index (χ4v) is 1.92. The van der Waals surface area contributed by atoms with Crippen molar-refractivity contribution >= 4 is 29.0 Å². The van der Waals surface area contributed by atoms with E-state index in [4.69, 9.17) is 23.2 Å². The molecule has 0 saturated heterocycles. The van der Waals surface area contributed by atoms with Crippen molar-refractivity contribution in [2.75, 3.05) is 14.1 Å². The van der Waals surface area contributed by atoms with Gasteiger partial charge in [-0.15, -0.1) is 0 Å². The molecule has 1 heterocycles. The van der Waals surface area contributed by atoms with Gasteiger partial charge >= 0.3 is 0 Å². The van der Waals surface area contributed by atoms with Gasteiger partial charge in [0.15, 0.2) is 16.1 Å². The van der Waals surface area contributed by atoms with E-state index in [0.717, 1.165) is 5.69 Å². The van der Waals surface area contributed by atoms with Gasteiger partial charge in [-0.3, -0.25) is 9.36 Å². The van der Waals surface area contributed by atoms with Crippen LogP contribution in [0.25, 0.3) is 5.69 Å². The minimum absolute atomic E-state index is 0.0555. The van der Waals surface area contributed by atoms with Gasteiger partial charge < -0.3 is 4.90 Å². The van der Waals surface area contributed by atoms with Crippen molar-refractivity contribution in [1.29, 1.82) is 0 Å². The van der Waals surface area contributed by atoms with E-state index >= 15 is 0 Å². The fraction of sp³-hybridized carbons (Fsp3) is 0.143. The van der Waals surface area contributed by atoms with E-state index in [1.165, 1.54) is 12.4 Å². The number of ketones is 1. The maximum absolute atomic E-state index is 11.9. The van der Waals surface area contributed by atoms with Crippen molar-refractivity contribution in [3.63, 3.8) is 0 Å². The third kappa shape index (κ3) is 3.21. The SMILES string of the molecule is CN(C)/C=C/C(=O)c1ccc(-n2cnc(Cl)c2Cl)cc1. The second kappa shape index (κ2) is 6.11. The van der Waals surface area contributed by atoms with Gasteiger partial charge in [0.05, 0.1) is 0 Å². The summed E-state index contributed by atoms with van der Waals surface area (Å²) in [6, 6.07) is 7.06. The molecule has 20 heavy (non-hydrogen) atoms. The van der Waals surface area contributed by atoms with Crippen LogP contribution >= 0.6 is 23.2 Å². The van der Waals surface area contributed by atoms with Crippen LogP contribution in [-0.4, -0.2) is 34.3 Å². The zero-order valence-corrected chi connectivity index (χ0v) is 12.6. The number of nitrogens with zero attached hydrogens (tertiary/aromatic N) is 3. The maximum Gasteiger partial charge on any atom is 0.187 e. The van der Waals surface area contributed by atoms with Crippen LogP contribution in [0.4, 0.5) is 0 Å². The molecule has 0 aliphatic carbocycles. The van der Waals surface area contributed by atoms with Gasteiger partial charge in [0.1, 0.15) is 6.33 Å². The summed E-state index contributed by atoms with van der Waals surface area (Å²) in [5.74, 6) is -0.0555. The predicted octanol–water partition coefficient (Wildman–Crippen LogP) is 3.44. The lowest BCUT2D eigenvalue weighted by Crippen LogP contribution is -2.03. The number of hydrogen-bond acceptors (Lipinski definition) is 3. The monoisotopic (exact) mass is 309 g/mol. The highest BCUT2D eigenvalue weighted by Crippen LogP contribution is 2.23. The quantitative estimate of drug-likeness (QED) is 0.641. The zero-order chi connectivity index (χ0) is 14.7. The molecule has 2 rings (SSSR count). The Morgan fingerprint density at radius 3 is 2.40 bits per heavy atom. The summed E-state index contributed by atoms with van der Waals surface area (Å²) in [6.45, 7) is 0. The normalized spacial score (nSPS) is 11.0. The van der Waals surface area contributed by atoms with Gasteiger partial charge in [-0.2, -0.15) is 0 Å². The van der Waals surface area contributed by atoms with Gasteiger partial charge in [-0.25, -0.2) is 4.98 Å². The van der Waals surface area contributed by atoms with Gasteiger partial charge in [-0.1, -0.05) is 23.2 Å². The fourth-order valence-electron chi connectivity index (χ4n) is 1.59. The average Bonchev–Trinajstić information content (AvgIpc) is 2.76. The topological polar surface area (TPSA) is 38.1 Å². The molecule has 0 aliphatic rings. The van der Waals surface area contributed by atoms with Crippen LogP contribution in [-0.2, 0) is 0 Å². The number of rotatable bonds is 4. The smallest absolute Gasteiger partial charge is 0.187 e. The van der Waals surface area contributed by atoms with Crippen LogP contribution in [0.3, 0.4) is 0 Å². The molecule has 1 aromatic carbocycles. The molecule has 0 atom stereocenters. The molecule has 2 aromatic rings. The summed E-state index contributed by atoms with van der Waals surface area (Å²) in [5.41, 5.74) is 1.40. The number of benzene rings is 1. The number of hydrogen-bond donors (Lipinski definition) is 0. The van der Waals surface area contributed by atoms with Crippen molar-refractivity contribution in [2.45, 2.75) is 0 Å². The first kappa shape index (κ1) is 14.6. The standard InChI is InChI=1S/C14H13Cl2N3O/c1-18(2)8-7-12(20)10-3-5-11(6-4-10)19-9-17-13(15)14(19)16/h3-9H,1-2H3/b8-7+. The number of carbonyl (C=O) groups excluding carboxylic acids is 1. The van der Waals surface area contributed by atoms with Gasteiger partial charge in [0.25, 0.3) is 0 Å². The molecule has 6 heteroatoms. The summed E-state index contributed by atoms with van der Waals surface area (Å²) in [7, 11) is 3.72. The van der Waals surface area contributed by atoms with Crippen LogP contribution in [0, 0.1) is 0 Å². The van der Waals surface area contributed by atoms with Crippen molar-refractivity contribution in [2.24, 2.45) is 0 Å². The molecule has 104 valence electrons. The summed E-state index contributed by atoms with van der Waals surface area (Å²) in [6.07, 6.45) is 4.77. The minimum atomic E-state index is -0.0555. The first-order valence-electron chi connectivity index (χ1n) is 5.87. The predicted molar refractivity (Wildman–Crippen MR) is 80.7 cm³/mol. The molecule has 0 amide bonds. The third-order valence-corrected chi connectivity index (χ3v) is 3.36. The van der Waals surface area contributed by atoms with E-state index in [0.29, 0.717) is 10.7 Å². The lowest BCUT2D eigenvalue weighted by Gasteiger charge is -2.05. The Labute approximate surface area is 127 Å². The number of carbonyl (C=O) groups is 1. The second-order valence-corrected chi connectivity index (χ2v) is 5.10. The average molecular weight is 310 g/mol. The zero-order valence-electron chi connectivity index (χ0n) is 11.0. The van der Waals surface area contributed by atoms with Crippen LogP contribution < -0.4 is 0 Å². The lowest BCUT2D eigenvalue weighted by molar-refractivity contribution is 0.104. The minimum Gasteiger partial charge on any atom is -0.383 e. The lowest BCUT2D eigenvalue weighted by atomic mass is 10.1. The highest BCUT2D eigenvalue weighted by Gasteiger charge is 2.08. The Hall–Kier alpha value is -1.78. The van der Waals surface area contributed by atoms with Crippen molar-refractivity contribution in [3.8, 4) is 5.69 Å². The highest BCUT2D eigenvalue weighted by molar-refractivity contribution is 6.40. The first-order chi connectivity index (χ1) is 9.49. The molecule has 0 N–H and O–H groups in total. The van der Waals surface area contributed by atoms with Gasteiger partial charge in [0, 0.05) is 37.6 Å². The number of halogens is 2. The second-order valence-electron chi connectivity index (χ2n) is 4.39. The van der Waals surface area contributed by atoms with Crippen LogP contribution in [0.1, 0.15) is 10.4 Å². The molecular weight excluding hydrogens is 297 g/mol. The number of aromatic nitrogens is 2. The molecule has 0 bridgehead atoms. The molecule has 0 radical (unpaired) electrons. The molecule has 0 fully saturated rings. The summed E-state index contributed by atoms with van der Waals surface area (Å²) >= 11 is 11.8. The molecule has 0 aliphatic heterocycles. The molecule has 0 spiro atoms. The largest absolute Gasteiger partial charge is 0.383 e. The summed E-state index contributed by atoms with van der Waals surface area (Å²) in [5, 5.41) is 0.596. The van der Waals surface area contributed by atoms with E-state index in [2.05, 4.69) is 4.98 Å². The summed E-state index contributed by atoms with van der Waals surface area (Å²) in [4.78, 5) is 17.6. The molecule has 1 aromatic heterocycles. The molecular formula is C14H13Cl2N3O. The first-order valence-corrected chi connectivity index (χ1v) is 6.62. The number of allylic oxidation sites excluding steroid dienone is 1. The van der Waals surface area contributed by atoms with Gasteiger partial charge in [-0.05, 0) is 24.3 Å². The van der Waals surface area contributed by atoms with E-state index in [1.807, 2.05) is 14.1 Å². The molecule has 0 saturated carbocycles. The van der Waals surface area contributed by atoms with Crippen molar-refractivity contribution in [3.05, 3.63) is 58.7 Å². The number of imidazole rings is 1. The van der Waals surface area contributed by atoms with Crippen molar-refractivity contribution in [1.82, 2.24) is 14.5 Å². The van der Waals surface area contributed by atoms with Crippen molar-refractivity contribution < 1.29 is 4.79 Å². The van der Waals surface area contributed by atoms with E-state index in [9.17, 15) is 4.79 Å². The molecule has 0 unspecified atom stereocenters. The van der Waals surface area contributed by atoms with E-state index in [1.54, 1.807) is 39.9 Å². The Bertz CT molecular complexity index is 645. The Morgan fingerprint density at radius 2 is 1.90 bits per heavy atom. The van der Waals surface area contributed by atoms with Crippen LogP contribution in [0.2, 0.25) is 10.3 Å². The van der Waals surface area contributed by atoms with E-state index in [-0.39, 0.29) is 10.9 Å². The molecule has 4 nitrogen and oxygen atoms in total. The van der Waals surface area contributed by atoms with Crippen LogP contribution in [0.5, 0.6) is 0 Å². The summed E-state index contributed by atoms with van der Waals surface area (Å²) < 4.78 is 1.65. The highest BCUT2D eigenvalue weighted by atomic mass is 35.5. The Kier molecular flexibility index (Phi) is 4.47. The van der Waals surface area contributed by atoms with Crippen LogP contribution in [0.15, 0.2) is 42.9 Å². The third-order valence-electron chi connectivity index (χ3n) is 2.62. The van der Waals surface area contributed by atoms with E-state index < -0.39 is 0 Å². The maximum atomic E-state index is 11.9. The van der Waals surface area contributed by atoms with Gasteiger partial charge in [0.2, 0.25) is 0 Å².